The number of halogens is 3. The molecule has 3 aromatic rings. The Bertz CT molecular complexity index is 1490. The Balaban J connectivity index is 2.06. The van der Waals surface area contributed by atoms with Crippen LogP contribution in [0.25, 0.3) is 0 Å². The number of unbranched alkanes of at least 4 members (excludes halogenated alkanes) is 1. The van der Waals surface area contributed by atoms with Crippen LogP contribution in [0, 0.1) is 0 Å². The number of amides is 2. The van der Waals surface area contributed by atoms with Gasteiger partial charge in [-0.05, 0) is 73.0 Å². The Hall–Kier alpha value is -2.98. The van der Waals surface area contributed by atoms with E-state index in [9.17, 15) is 18.0 Å². The van der Waals surface area contributed by atoms with Gasteiger partial charge in [0.1, 0.15) is 18.3 Å². The van der Waals surface area contributed by atoms with Gasteiger partial charge in [0.2, 0.25) is 11.8 Å². The number of hydrogen-bond acceptors (Lipinski definition) is 5. The highest BCUT2D eigenvalue weighted by Crippen LogP contribution is 2.29. The number of carbonyl (C=O) groups is 2. The molecule has 42 heavy (non-hydrogen) atoms. The summed E-state index contributed by atoms with van der Waals surface area (Å²) in [4.78, 5) is 28.7. The maximum atomic E-state index is 14.1. The third-order valence-corrected chi connectivity index (χ3v) is 9.20. The summed E-state index contributed by atoms with van der Waals surface area (Å²) in [6.45, 7) is 3.61. The number of benzene rings is 3. The number of carbonyl (C=O) groups excluding carboxylic acids is 2. The van der Waals surface area contributed by atoms with Gasteiger partial charge in [0.05, 0.1) is 17.7 Å². The highest BCUT2D eigenvalue weighted by atomic mass is 35.5. The summed E-state index contributed by atoms with van der Waals surface area (Å²) in [5.41, 5.74) is 0.748. The topological polar surface area (TPSA) is 96.0 Å². The standard InChI is InChI=1S/C30H34Cl3N3O5S/c1-4-6-16-34-30(38)28(5-2)35(19-21-10-11-23(32)18-27(21)33)29(37)20-36(24-9-7-8-22(31)17-24)42(39,40)26-14-12-25(41-3)13-15-26/h7-15,17-18,28H,4-6,16,19-20H2,1-3H3,(H,34,38)/t28-/m1/s1. The molecule has 0 unspecified atom stereocenters. The van der Waals surface area contributed by atoms with Crippen molar-refractivity contribution in [3.8, 4) is 5.75 Å². The van der Waals surface area contributed by atoms with Crippen LogP contribution in [-0.2, 0) is 26.2 Å². The summed E-state index contributed by atoms with van der Waals surface area (Å²) in [7, 11) is -2.78. The summed E-state index contributed by atoms with van der Waals surface area (Å²) in [5.74, 6) is -0.461. The zero-order valence-corrected chi connectivity index (χ0v) is 26.7. The van der Waals surface area contributed by atoms with Crippen molar-refractivity contribution in [3.63, 3.8) is 0 Å². The molecule has 0 aliphatic rings. The highest BCUT2D eigenvalue weighted by Gasteiger charge is 2.34. The van der Waals surface area contributed by atoms with E-state index in [1.807, 2.05) is 6.92 Å². The molecule has 3 rings (SSSR count). The minimum Gasteiger partial charge on any atom is -0.497 e. The molecule has 12 heteroatoms. The molecule has 1 N–H and O–H groups in total. The molecule has 2 amide bonds. The van der Waals surface area contributed by atoms with E-state index in [0.29, 0.717) is 32.9 Å². The molecule has 0 bridgehead atoms. The largest absolute Gasteiger partial charge is 0.497 e. The van der Waals surface area contributed by atoms with Gasteiger partial charge in [0.15, 0.2) is 0 Å². The van der Waals surface area contributed by atoms with Crippen molar-refractivity contribution < 1.29 is 22.7 Å². The van der Waals surface area contributed by atoms with Gasteiger partial charge in [0.25, 0.3) is 10.0 Å². The van der Waals surface area contributed by atoms with Crippen molar-refractivity contribution in [1.29, 1.82) is 0 Å². The van der Waals surface area contributed by atoms with Crippen molar-refractivity contribution in [2.45, 2.75) is 50.6 Å². The van der Waals surface area contributed by atoms with Gasteiger partial charge in [-0.3, -0.25) is 13.9 Å². The van der Waals surface area contributed by atoms with Crippen molar-refractivity contribution >= 4 is 62.3 Å². The first-order valence-electron chi connectivity index (χ1n) is 13.4. The third kappa shape index (κ3) is 8.53. The van der Waals surface area contributed by atoms with Crippen LogP contribution in [0.1, 0.15) is 38.7 Å². The van der Waals surface area contributed by atoms with E-state index < -0.39 is 28.5 Å². The first-order chi connectivity index (χ1) is 20.0. The maximum absolute atomic E-state index is 14.1. The van der Waals surface area contributed by atoms with Crippen LogP contribution < -0.4 is 14.4 Å². The first-order valence-corrected chi connectivity index (χ1v) is 16.0. The molecule has 8 nitrogen and oxygen atoms in total. The van der Waals surface area contributed by atoms with Gasteiger partial charge in [-0.2, -0.15) is 0 Å². The summed E-state index contributed by atoms with van der Waals surface area (Å²) in [5, 5.41) is 3.92. The molecular formula is C30H34Cl3N3O5S. The number of methoxy groups -OCH3 is 1. The predicted octanol–water partition coefficient (Wildman–Crippen LogP) is 6.57. The quantitative estimate of drug-likeness (QED) is 0.198. The molecule has 0 aliphatic heterocycles. The van der Waals surface area contributed by atoms with Crippen LogP contribution in [0.15, 0.2) is 71.6 Å². The molecule has 1 atom stereocenters. The predicted molar refractivity (Wildman–Crippen MR) is 168 cm³/mol. The number of rotatable bonds is 14. The fraction of sp³-hybridized carbons (Fsp3) is 0.333. The first kappa shape index (κ1) is 33.5. The van der Waals surface area contributed by atoms with E-state index in [-0.39, 0.29) is 29.5 Å². The normalized spacial score (nSPS) is 12.0. The van der Waals surface area contributed by atoms with Crippen LogP contribution in [-0.4, -0.2) is 51.4 Å². The van der Waals surface area contributed by atoms with Gasteiger partial charge in [-0.1, -0.05) is 67.2 Å². The number of anilines is 1. The lowest BCUT2D eigenvalue weighted by Crippen LogP contribution is -2.52. The number of hydrogen-bond donors (Lipinski definition) is 1. The van der Waals surface area contributed by atoms with Gasteiger partial charge in [-0.15, -0.1) is 0 Å². The number of sulfonamides is 1. The fourth-order valence-corrected chi connectivity index (χ4v) is 6.35. The van der Waals surface area contributed by atoms with E-state index >= 15 is 0 Å². The molecular weight excluding hydrogens is 621 g/mol. The number of ether oxygens (including phenoxy) is 1. The molecule has 226 valence electrons. The smallest absolute Gasteiger partial charge is 0.264 e. The Morgan fingerprint density at radius 2 is 1.64 bits per heavy atom. The molecule has 0 radical (unpaired) electrons. The Labute approximate surface area is 262 Å². The Morgan fingerprint density at radius 3 is 2.24 bits per heavy atom. The van der Waals surface area contributed by atoms with Crippen LogP contribution >= 0.6 is 34.8 Å². The summed E-state index contributed by atoms with van der Waals surface area (Å²) in [6, 6.07) is 16.0. The highest BCUT2D eigenvalue weighted by molar-refractivity contribution is 7.92. The second-order valence-corrected chi connectivity index (χ2v) is 12.6. The average molecular weight is 655 g/mol. The molecule has 0 heterocycles. The van der Waals surface area contributed by atoms with Gasteiger partial charge in [0, 0.05) is 28.2 Å². The molecule has 0 spiro atoms. The lowest BCUT2D eigenvalue weighted by atomic mass is 10.1. The SMILES string of the molecule is CCCCNC(=O)[C@@H](CC)N(Cc1ccc(Cl)cc1Cl)C(=O)CN(c1cccc(Cl)c1)S(=O)(=O)c1ccc(OC)cc1. The van der Waals surface area contributed by atoms with E-state index in [1.165, 1.54) is 42.3 Å². The lowest BCUT2D eigenvalue weighted by molar-refractivity contribution is -0.140. The van der Waals surface area contributed by atoms with E-state index in [2.05, 4.69) is 5.32 Å². The van der Waals surface area contributed by atoms with E-state index in [4.69, 9.17) is 39.5 Å². The van der Waals surface area contributed by atoms with E-state index in [0.717, 1.165) is 17.1 Å². The lowest BCUT2D eigenvalue weighted by Gasteiger charge is -2.33. The van der Waals surface area contributed by atoms with Crippen molar-refractivity contribution in [1.82, 2.24) is 10.2 Å². The summed E-state index contributed by atoms with van der Waals surface area (Å²) in [6.07, 6.45) is 1.96. The van der Waals surface area contributed by atoms with Crippen molar-refractivity contribution in [2.75, 3.05) is 24.5 Å². The van der Waals surface area contributed by atoms with Gasteiger partial charge >= 0.3 is 0 Å². The van der Waals surface area contributed by atoms with E-state index in [1.54, 1.807) is 43.3 Å². The maximum Gasteiger partial charge on any atom is 0.264 e. The number of nitrogens with zero attached hydrogens (tertiary/aromatic N) is 2. The van der Waals surface area contributed by atoms with Crippen molar-refractivity contribution in [2.24, 2.45) is 0 Å². The van der Waals surface area contributed by atoms with Crippen LogP contribution in [0.4, 0.5) is 5.69 Å². The minimum absolute atomic E-state index is 0.0412. The number of nitrogens with one attached hydrogen (secondary N) is 1. The Morgan fingerprint density at radius 1 is 0.952 bits per heavy atom. The van der Waals surface area contributed by atoms with Gasteiger partial charge in [-0.25, -0.2) is 8.42 Å². The molecule has 0 aliphatic carbocycles. The summed E-state index contributed by atoms with van der Waals surface area (Å²) < 4.78 is 34.1. The molecule has 0 saturated carbocycles. The minimum atomic E-state index is -4.25. The monoisotopic (exact) mass is 653 g/mol. The van der Waals surface area contributed by atoms with Crippen LogP contribution in [0.2, 0.25) is 15.1 Å². The fourth-order valence-electron chi connectivity index (χ4n) is 4.29. The average Bonchev–Trinajstić information content (AvgIpc) is 2.96. The molecule has 0 saturated heterocycles. The second-order valence-electron chi connectivity index (χ2n) is 9.49. The Kier molecular flexibility index (Phi) is 12.4. The van der Waals surface area contributed by atoms with Crippen LogP contribution in [0.3, 0.4) is 0 Å². The zero-order valence-electron chi connectivity index (χ0n) is 23.6. The molecule has 0 aromatic heterocycles. The third-order valence-electron chi connectivity index (χ3n) is 6.59. The zero-order chi connectivity index (χ0) is 30.9. The molecule has 3 aromatic carbocycles. The summed E-state index contributed by atoms with van der Waals surface area (Å²) >= 11 is 18.8. The van der Waals surface area contributed by atoms with Gasteiger partial charge < -0.3 is 15.0 Å². The second kappa shape index (κ2) is 15.5. The molecule has 0 fully saturated rings. The van der Waals surface area contributed by atoms with Crippen LogP contribution in [0.5, 0.6) is 5.75 Å². The van der Waals surface area contributed by atoms with Crippen molar-refractivity contribution in [3.05, 3.63) is 87.4 Å².